The molecule has 0 fully saturated rings. The van der Waals surface area contributed by atoms with Crippen molar-refractivity contribution in [3.8, 4) is 6.07 Å². The molecule has 0 aliphatic rings. The molecule has 0 saturated carbocycles. The van der Waals surface area contributed by atoms with E-state index in [4.69, 9.17) is 5.26 Å². The molecule has 0 spiro atoms. The van der Waals surface area contributed by atoms with Gasteiger partial charge in [-0.05, 0) is 27.6 Å². The van der Waals surface area contributed by atoms with Gasteiger partial charge in [0.25, 0.3) is 6.43 Å². The first-order valence-electron chi connectivity index (χ1n) is 3.44. The Hall–Kier alpha value is -1.02. The second kappa shape index (κ2) is 4.28. The van der Waals surface area contributed by atoms with Crippen LogP contribution in [0.3, 0.4) is 0 Å². The Morgan fingerprint density at radius 3 is 2.85 bits per heavy atom. The van der Waals surface area contributed by atoms with Gasteiger partial charge in [-0.3, -0.25) is 0 Å². The molecule has 13 heavy (non-hydrogen) atoms. The maximum atomic E-state index is 12.3. The molecule has 0 radical (unpaired) electrons. The van der Waals surface area contributed by atoms with Crippen molar-refractivity contribution in [2.45, 2.75) is 12.8 Å². The van der Waals surface area contributed by atoms with Gasteiger partial charge in [-0.1, -0.05) is 0 Å². The van der Waals surface area contributed by atoms with Crippen molar-refractivity contribution in [3.63, 3.8) is 0 Å². The summed E-state index contributed by atoms with van der Waals surface area (Å²) in [4.78, 5) is 3.70. The Bertz CT molecular complexity index is 346. The summed E-state index contributed by atoms with van der Waals surface area (Å²) in [6, 6.07) is 3.15. The van der Waals surface area contributed by atoms with Gasteiger partial charge in [0, 0.05) is 6.20 Å². The zero-order valence-corrected chi connectivity index (χ0v) is 8.05. The number of nitriles is 1. The predicted octanol–water partition coefficient (Wildman–Crippen LogP) is 2.85. The molecule has 0 unspecified atom stereocenters. The number of alkyl halides is 2. The second-order valence-electron chi connectivity index (χ2n) is 2.36. The van der Waals surface area contributed by atoms with Crippen molar-refractivity contribution in [3.05, 3.63) is 28.0 Å². The highest BCUT2D eigenvalue weighted by Gasteiger charge is 2.12. The smallest absolute Gasteiger partial charge is 0.249 e. The summed E-state index contributed by atoms with van der Waals surface area (Å²) in [6.07, 6.45) is -1.07. The molecule has 1 rings (SSSR count). The average Bonchev–Trinajstić information content (AvgIpc) is 2.08. The number of hydrogen-bond donors (Lipinski definition) is 0. The van der Waals surface area contributed by atoms with Gasteiger partial charge in [-0.2, -0.15) is 5.26 Å². The van der Waals surface area contributed by atoms with Crippen molar-refractivity contribution in [2.75, 3.05) is 0 Å². The van der Waals surface area contributed by atoms with Gasteiger partial charge in [0.1, 0.15) is 4.60 Å². The monoisotopic (exact) mass is 246 g/mol. The zero-order valence-electron chi connectivity index (χ0n) is 6.47. The number of rotatable bonds is 2. The van der Waals surface area contributed by atoms with Crippen molar-refractivity contribution in [2.24, 2.45) is 0 Å². The maximum absolute atomic E-state index is 12.3. The Morgan fingerprint density at radius 2 is 2.31 bits per heavy atom. The van der Waals surface area contributed by atoms with Crippen LogP contribution >= 0.6 is 15.9 Å². The zero-order chi connectivity index (χ0) is 9.84. The van der Waals surface area contributed by atoms with E-state index in [2.05, 4.69) is 20.9 Å². The summed E-state index contributed by atoms with van der Waals surface area (Å²) in [5.74, 6) is 0. The third-order valence-electron chi connectivity index (χ3n) is 1.44. The van der Waals surface area contributed by atoms with Gasteiger partial charge < -0.3 is 0 Å². The van der Waals surface area contributed by atoms with E-state index < -0.39 is 6.43 Å². The van der Waals surface area contributed by atoms with Gasteiger partial charge >= 0.3 is 0 Å². The van der Waals surface area contributed by atoms with Gasteiger partial charge in [-0.25, -0.2) is 13.8 Å². The van der Waals surface area contributed by atoms with Crippen LogP contribution in [0.4, 0.5) is 8.78 Å². The third-order valence-corrected chi connectivity index (χ3v) is 2.10. The molecular formula is C8H5BrF2N2. The molecule has 68 valence electrons. The van der Waals surface area contributed by atoms with Crippen LogP contribution in [-0.2, 0) is 6.42 Å². The molecule has 5 heteroatoms. The maximum Gasteiger partial charge on any atom is 0.266 e. The minimum atomic E-state index is -2.57. The molecule has 0 saturated heterocycles. The quantitative estimate of drug-likeness (QED) is 0.753. The average molecular weight is 247 g/mol. The van der Waals surface area contributed by atoms with E-state index in [-0.39, 0.29) is 16.6 Å². The highest BCUT2D eigenvalue weighted by molar-refractivity contribution is 9.10. The van der Waals surface area contributed by atoms with Crippen LogP contribution in [0.2, 0.25) is 0 Å². The van der Waals surface area contributed by atoms with Crippen LogP contribution in [0, 0.1) is 11.3 Å². The Labute approximate surface area is 82.3 Å². The fourth-order valence-corrected chi connectivity index (χ4v) is 1.24. The number of aromatic nitrogens is 1. The minimum absolute atomic E-state index is 0.0972. The van der Waals surface area contributed by atoms with E-state index in [0.29, 0.717) is 5.56 Å². The standard InChI is InChI=1S/C8H5BrF2N2/c9-7-6(8(10)11)3-5(1-2-12)4-13-7/h3-4,8H,1H2. The number of nitrogens with zero attached hydrogens (tertiary/aromatic N) is 2. The SMILES string of the molecule is N#CCc1cnc(Br)c(C(F)F)c1. The van der Waals surface area contributed by atoms with Crippen LogP contribution in [0.1, 0.15) is 17.6 Å². The second-order valence-corrected chi connectivity index (χ2v) is 3.11. The van der Waals surface area contributed by atoms with Crippen LogP contribution in [0.5, 0.6) is 0 Å². The molecule has 1 aromatic heterocycles. The van der Waals surface area contributed by atoms with E-state index in [1.54, 1.807) is 0 Å². The summed E-state index contributed by atoms with van der Waals surface area (Å²) in [6.45, 7) is 0. The number of hydrogen-bond acceptors (Lipinski definition) is 2. The molecule has 2 nitrogen and oxygen atoms in total. The molecule has 1 heterocycles. The summed E-state index contributed by atoms with van der Waals surface area (Å²) >= 11 is 2.91. The molecule has 0 bridgehead atoms. The van der Waals surface area contributed by atoms with Crippen LogP contribution in [0.25, 0.3) is 0 Å². The Kier molecular flexibility index (Phi) is 3.32. The summed E-state index contributed by atoms with van der Waals surface area (Å²) in [5.41, 5.74) is 0.328. The van der Waals surface area contributed by atoms with E-state index in [1.807, 2.05) is 6.07 Å². The van der Waals surface area contributed by atoms with Gasteiger partial charge in [0.15, 0.2) is 0 Å². The molecule has 0 aliphatic heterocycles. The highest BCUT2D eigenvalue weighted by atomic mass is 79.9. The van der Waals surface area contributed by atoms with E-state index >= 15 is 0 Å². The van der Waals surface area contributed by atoms with E-state index in [0.717, 1.165) is 0 Å². The molecule has 1 aromatic rings. The minimum Gasteiger partial charge on any atom is -0.249 e. The fraction of sp³-hybridized carbons (Fsp3) is 0.250. The highest BCUT2D eigenvalue weighted by Crippen LogP contribution is 2.26. The lowest BCUT2D eigenvalue weighted by Crippen LogP contribution is -1.93. The normalized spacial score (nSPS) is 10.1. The van der Waals surface area contributed by atoms with E-state index in [1.165, 1.54) is 12.3 Å². The van der Waals surface area contributed by atoms with Crippen molar-refractivity contribution < 1.29 is 8.78 Å². The lowest BCUT2D eigenvalue weighted by Gasteiger charge is -2.03. The first-order chi connectivity index (χ1) is 6.15. The molecular weight excluding hydrogens is 242 g/mol. The van der Waals surface area contributed by atoms with Crippen molar-refractivity contribution in [1.29, 1.82) is 5.26 Å². The lowest BCUT2D eigenvalue weighted by atomic mass is 10.2. The molecule has 0 aliphatic carbocycles. The number of pyridine rings is 1. The largest absolute Gasteiger partial charge is 0.266 e. The summed E-state index contributed by atoms with van der Waals surface area (Å²) in [5, 5.41) is 8.34. The number of halogens is 3. The first kappa shape index (κ1) is 10.1. The molecule has 0 aromatic carbocycles. The van der Waals surface area contributed by atoms with Crippen LogP contribution in [-0.4, -0.2) is 4.98 Å². The molecule has 0 N–H and O–H groups in total. The Balaban J connectivity index is 3.05. The van der Waals surface area contributed by atoms with Gasteiger partial charge in [-0.15, -0.1) is 0 Å². The van der Waals surface area contributed by atoms with Crippen molar-refractivity contribution in [1.82, 2.24) is 4.98 Å². The van der Waals surface area contributed by atoms with Crippen molar-refractivity contribution >= 4 is 15.9 Å². The van der Waals surface area contributed by atoms with Crippen LogP contribution < -0.4 is 0 Å². The molecule has 0 amide bonds. The third kappa shape index (κ3) is 2.46. The van der Waals surface area contributed by atoms with Gasteiger partial charge in [0.05, 0.1) is 18.1 Å². The molecule has 0 atom stereocenters. The fourth-order valence-electron chi connectivity index (χ4n) is 0.852. The lowest BCUT2D eigenvalue weighted by molar-refractivity contribution is 0.150. The van der Waals surface area contributed by atoms with E-state index in [9.17, 15) is 8.78 Å². The summed E-state index contributed by atoms with van der Waals surface area (Å²) < 4.78 is 24.7. The topological polar surface area (TPSA) is 36.7 Å². The van der Waals surface area contributed by atoms with Gasteiger partial charge in [0.2, 0.25) is 0 Å². The predicted molar refractivity (Wildman–Crippen MR) is 46.2 cm³/mol. The van der Waals surface area contributed by atoms with Crippen LogP contribution in [0.15, 0.2) is 16.9 Å². The summed E-state index contributed by atoms with van der Waals surface area (Å²) in [7, 11) is 0. The first-order valence-corrected chi connectivity index (χ1v) is 4.24. The Morgan fingerprint density at radius 1 is 1.62 bits per heavy atom.